The van der Waals surface area contributed by atoms with Crippen LogP contribution in [-0.2, 0) is 20.4 Å². The smallest absolute Gasteiger partial charge is 0.261 e. The van der Waals surface area contributed by atoms with Crippen LogP contribution in [0.25, 0.3) is 0 Å². The zero-order chi connectivity index (χ0) is 13.9. The van der Waals surface area contributed by atoms with Crippen molar-refractivity contribution in [3.8, 4) is 0 Å². The Labute approximate surface area is 112 Å². The van der Waals surface area contributed by atoms with Crippen molar-refractivity contribution < 1.29 is 13.2 Å². The van der Waals surface area contributed by atoms with E-state index in [9.17, 15) is 13.2 Å². The molecule has 1 aromatic rings. The second-order valence-electron chi connectivity index (χ2n) is 4.43. The van der Waals surface area contributed by atoms with Crippen LogP contribution in [0.3, 0.4) is 0 Å². The first-order valence-corrected chi connectivity index (χ1v) is 7.81. The van der Waals surface area contributed by atoms with Gasteiger partial charge >= 0.3 is 0 Å². The fraction of sp³-hybridized carbons (Fsp3) is 0.417. The summed E-state index contributed by atoms with van der Waals surface area (Å²) in [5, 5.41) is 0. The van der Waals surface area contributed by atoms with Crippen LogP contribution in [0.2, 0.25) is 0 Å². The second-order valence-corrected chi connectivity index (χ2v) is 7.00. The van der Waals surface area contributed by atoms with Crippen molar-refractivity contribution in [1.82, 2.24) is 4.90 Å². The van der Waals surface area contributed by atoms with Crippen molar-refractivity contribution in [1.29, 1.82) is 0 Å². The molecule has 0 radical (unpaired) electrons. The number of nitrogens with zero attached hydrogens (tertiary/aromatic N) is 1. The first-order valence-electron chi connectivity index (χ1n) is 5.50. The summed E-state index contributed by atoms with van der Waals surface area (Å²) in [4.78, 5) is 13.3. The van der Waals surface area contributed by atoms with Crippen LogP contribution in [-0.4, -0.2) is 26.3 Å². The third-order valence-corrected chi connectivity index (χ3v) is 3.86. The van der Waals surface area contributed by atoms with E-state index in [1.54, 1.807) is 24.1 Å². The van der Waals surface area contributed by atoms with Gasteiger partial charge in [0.25, 0.3) is 9.05 Å². The molecule has 0 fully saturated rings. The molecule has 4 nitrogen and oxygen atoms in total. The average molecular weight is 290 g/mol. The maximum absolute atomic E-state index is 11.7. The maximum atomic E-state index is 11.7. The van der Waals surface area contributed by atoms with Gasteiger partial charge in [0.1, 0.15) is 0 Å². The summed E-state index contributed by atoms with van der Waals surface area (Å²) in [6.45, 7) is 4.11. The first kappa shape index (κ1) is 15.0. The lowest BCUT2D eigenvalue weighted by molar-refractivity contribution is -0.133. The molecule has 0 unspecified atom stereocenters. The molecule has 1 amide bonds. The Morgan fingerprint density at radius 3 is 2.17 bits per heavy atom. The monoisotopic (exact) mass is 289 g/mol. The van der Waals surface area contributed by atoms with Gasteiger partial charge in [-0.25, -0.2) is 8.42 Å². The fourth-order valence-corrected chi connectivity index (χ4v) is 2.32. The average Bonchev–Trinajstić information content (AvgIpc) is 2.27. The highest BCUT2D eigenvalue weighted by Gasteiger charge is 2.14. The topological polar surface area (TPSA) is 54.5 Å². The minimum absolute atomic E-state index is 0.0454. The van der Waals surface area contributed by atoms with E-state index in [0.717, 1.165) is 5.56 Å². The van der Waals surface area contributed by atoms with E-state index in [-0.39, 0.29) is 16.7 Å². The van der Waals surface area contributed by atoms with Crippen LogP contribution in [0, 0.1) is 5.92 Å². The number of halogens is 1. The van der Waals surface area contributed by atoms with E-state index in [2.05, 4.69) is 0 Å². The van der Waals surface area contributed by atoms with Crippen LogP contribution in [0.5, 0.6) is 0 Å². The predicted molar refractivity (Wildman–Crippen MR) is 70.8 cm³/mol. The Morgan fingerprint density at radius 1 is 1.28 bits per heavy atom. The molecule has 100 valence electrons. The number of carbonyl (C=O) groups excluding carboxylic acids is 1. The van der Waals surface area contributed by atoms with Gasteiger partial charge < -0.3 is 4.90 Å². The van der Waals surface area contributed by atoms with Gasteiger partial charge in [-0.1, -0.05) is 26.0 Å². The Hall–Kier alpha value is -1.07. The molecule has 0 aromatic heterocycles. The van der Waals surface area contributed by atoms with Crippen LogP contribution < -0.4 is 0 Å². The van der Waals surface area contributed by atoms with E-state index >= 15 is 0 Å². The van der Waals surface area contributed by atoms with E-state index in [4.69, 9.17) is 10.7 Å². The molecule has 1 aromatic carbocycles. The standard InChI is InChI=1S/C12H16ClNO3S/c1-9(2)12(15)14(3)8-10-4-6-11(7-5-10)18(13,16)17/h4-7,9H,8H2,1-3H3. The van der Waals surface area contributed by atoms with Crippen molar-refractivity contribution in [3.05, 3.63) is 29.8 Å². The Bertz CT molecular complexity index is 523. The minimum Gasteiger partial charge on any atom is -0.341 e. The van der Waals surface area contributed by atoms with Gasteiger partial charge in [-0.15, -0.1) is 0 Å². The highest BCUT2D eigenvalue weighted by atomic mass is 35.7. The largest absolute Gasteiger partial charge is 0.341 e. The number of hydrogen-bond donors (Lipinski definition) is 0. The number of benzene rings is 1. The SMILES string of the molecule is CC(C)C(=O)N(C)Cc1ccc(S(=O)(=O)Cl)cc1. The van der Waals surface area contributed by atoms with Crippen LogP contribution >= 0.6 is 10.7 Å². The van der Waals surface area contributed by atoms with Gasteiger partial charge in [0.2, 0.25) is 5.91 Å². The quantitative estimate of drug-likeness (QED) is 0.799. The van der Waals surface area contributed by atoms with Crippen LogP contribution in [0.1, 0.15) is 19.4 Å². The number of amides is 1. The molecule has 18 heavy (non-hydrogen) atoms. The molecule has 0 bridgehead atoms. The summed E-state index contributed by atoms with van der Waals surface area (Å²) >= 11 is 0. The summed E-state index contributed by atoms with van der Waals surface area (Å²) < 4.78 is 22.1. The summed E-state index contributed by atoms with van der Waals surface area (Å²) in [5.74, 6) is -0.0125. The van der Waals surface area contributed by atoms with E-state index in [1.807, 2.05) is 13.8 Å². The Kier molecular flexibility index (Phi) is 4.76. The number of carbonyl (C=O) groups is 1. The Balaban J connectivity index is 2.79. The highest BCUT2D eigenvalue weighted by Crippen LogP contribution is 2.16. The third kappa shape index (κ3) is 3.99. The lowest BCUT2D eigenvalue weighted by Gasteiger charge is -2.19. The summed E-state index contributed by atoms with van der Waals surface area (Å²) in [5.41, 5.74) is 0.857. The minimum atomic E-state index is -3.69. The van der Waals surface area contributed by atoms with Crippen LogP contribution in [0.15, 0.2) is 29.2 Å². The van der Waals surface area contributed by atoms with Gasteiger partial charge in [0.05, 0.1) is 4.90 Å². The molecule has 0 atom stereocenters. The number of rotatable bonds is 4. The molecule has 0 saturated heterocycles. The highest BCUT2D eigenvalue weighted by molar-refractivity contribution is 8.13. The zero-order valence-electron chi connectivity index (χ0n) is 10.6. The maximum Gasteiger partial charge on any atom is 0.261 e. The van der Waals surface area contributed by atoms with Gasteiger partial charge in [-0.05, 0) is 17.7 Å². The van der Waals surface area contributed by atoms with Crippen molar-refractivity contribution in [2.24, 2.45) is 5.92 Å². The molecule has 0 spiro atoms. The molecule has 0 saturated carbocycles. The molecule has 0 aliphatic rings. The zero-order valence-corrected chi connectivity index (χ0v) is 12.1. The van der Waals surface area contributed by atoms with Gasteiger partial charge in [0.15, 0.2) is 0 Å². The molecular weight excluding hydrogens is 274 g/mol. The van der Waals surface area contributed by atoms with E-state index in [1.165, 1.54) is 12.1 Å². The normalized spacial score (nSPS) is 11.6. The second kappa shape index (κ2) is 5.71. The molecule has 0 aliphatic carbocycles. The van der Waals surface area contributed by atoms with E-state index in [0.29, 0.717) is 6.54 Å². The molecule has 6 heteroatoms. The van der Waals surface area contributed by atoms with Crippen molar-refractivity contribution in [2.45, 2.75) is 25.3 Å². The summed E-state index contributed by atoms with van der Waals surface area (Å²) in [7, 11) is 3.25. The lowest BCUT2D eigenvalue weighted by atomic mass is 10.1. The van der Waals surface area contributed by atoms with Crippen molar-refractivity contribution in [2.75, 3.05) is 7.05 Å². The van der Waals surface area contributed by atoms with Gasteiger partial charge in [-0.2, -0.15) is 0 Å². The third-order valence-electron chi connectivity index (χ3n) is 2.49. The lowest BCUT2D eigenvalue weighted by Crippen LogP contribution is -2.29. The molecule has 0 heterocycles. The number of hydrogen-bond acceptors (Lipinski definition) is 3. The summed E-state index contributed by atoms with van der Waals surface area (Å²) in [6.07, 6.45) is 0. The first-order chi connectivity index (χ1) is 8.21. The molecular formula is C12H16ClNO3S. The van der Waals surface area contributed by atoms with Gasteiger partial charge in [-0.3, -0.25) is 4.79 Å². The van der Waals surface area contributed by atoms with Crippen molar-refractivity contribution in [3.63, 3.8) is 0 Å². The molecule has 1 rings (SSSR count). The fourth-order valence-electron chi connectivity index (χ4n) is 1.55. The predicted octanol–water partition coefficient (Wildman–Crippen LogP) is 2.23. The molecule has 0 aliphatic heterocycles. The van der Waals surface area contributed by atoms with Crippen LogP contribution in [0.4, 0.5) is 0 Å². The van der Waals surface area contributed by atoms with Gasteiger partial charge in [0, 0.05) is 30.2 Å². The van der Waals surface area contributed by atoms with E-state index < -0.39 is 9.05 Å². The molecule has 0 N–H and O–H groups in total. The Morgan fingerprint density at radius 2 is 1.78 bits per heavy atom. The van der Waals surface area contributed by atoms with Crippen molar-refractivity contribution >= 4 is 25.6 Å². The summed E-state index contributed by atoms with van der Waals surface area (Å²) in [6, 6.07) is 6.18.